The van der Waals surface area contributed by atoms with Crippen molar-refractivity contribution >= 4 is 11.9 Å². The molecule has 0 bridgehead atoms. The normalized spacial score (nSPS) is 11.6. The first-order valence-electron chi connectivity index (χ1n) is 9.93. The van der Waals surface area contributed by atoms with Crippen LogP contribution in [0.3, 0.4) is 0 Å². The minimum atomic E-state index is -0.687. The van der Waals surface area contributed by atoms with Crippen LogP contribution >= 0.6 is 0 Å². The molecule has 4 nitrogen and oxygen atoms in total. The molecule has 0 amide bonds. The number of unbranched alkanes of at least 4 members (excludes halogenated alkanes) is 10. The van der Waals surface area contributed by atoms with E-state index in [1.54, 1.807) is 0 Å². The van der Waals surface area contributed by atoms with E-state index < -0.39 is 17.4 Å². The predicted molar refractivity (Wildman–Crippen MR) is 98.3 cm³/mol. The Bertz CT molecular complexity index is 335. The van der Waals surface area contributed by atoms with Crippen LogP contribution in [0.1, 0.15) is 110 Å². The highest BCUT2D eigenvalue weighted by atomic mass is 16.4. The first-order chi connectivity index (χ1) is 11.5. The second-order valence-corrected chi connectivity index (χ2v) is 7.08. The van der Waals surface area contributed by atoms with Crippen molar-refractivity contribution in [2.45, 2.75) is 110 Å². The lowest BCUT2D eigenvalue weighted by Gasteiger charge is -2.26. The molecule has 0 aromatic rings. The van der Waals surface area contributed by atoms with Gasteiger partial charge in [0.2, 0.25) is 0 Å². The fraction of sp³-hybridized carbons (Fsp3) is 0.900. The largest absolute Gasteiger partial charge is 0.481 e. The average molecular weight is 343 g/mol. The molecule has 0 aliphatic rings. The molecule has 0 fully saturated rings. The molecule has 0 aromatic heterocycles. The van der Waals surface area contributed by atoms with Crippen LogP contribution in [0, 0.1) is 5.41 Å². The summed E-state index contributed by atoms with van der Waals surface area (Å²) in [5.41, 5.74) is -0.499. The molecule has 0 aliphatic heterocycles. The van der Waals surface area contributed by atoms with Crippen LogP contribution in [0.15, 0.2) is 0 Å². The summed E-state index contributed by atoms with van der Waals surface area (Å²) >= 11 is 0. The van der Waals surface area contributed by atoms with E-state index in [9.17, 15) is 14.7 Å². The average Bonchev–Trinajstić information content (AvgIpc) is 2.55. The highest BCUT2D eigenvalue weighted by Gasteiger charge is 2.33. The van der Waals surface area contributed by atoms with Crippen molar-refractivity contribution in [2.24, 2.45) is 5.41 Å². The number of aliphatic carboxylic acids is 2. The van der Waals surface area contributed by atoms with Crippen molar-refractivity contribution in [3.05, 3.63) is 0 Å². The zero-order chi connectivity index (χ0) is 18.3. The molecule has 0 heterocycles. The second-order valence-electron chi connectivity index (χ2n) is 7.08. The Morgan fingerprint density at radius 1 is 0.667 bits per heavy atom. The van der Waals surface area contributed by atoms with Crippen molar-refractivity contribution in [3.8, 4) is 0 Å². The Balaban J connectivity index is 3.42. The van der Waals surface area contributed by atoms with Gasteiger partial charge in [-0.1, -0.05) is 78.1 Å². The third kappa shape index (κ3) is 10.7. The maximum Gasteiger partial charge on any atom is 0.309 e. The van der Waals surface area contributed by atoms with Gasteiger partial charge < -0.3 is 10.2 Å². The topological polar surface area (TPSA) is 74.6 Å². The Kier molecular flexibility index (Phi) is 13.7. The van der Waals surface area contributed by atoms with Crippen LogP contribution in [0.2, 0.25) is 0 Å². The molecule has 2 N–H and O–H groups in total. The number of carboxylic acids is 2. The van der Waals surface area contributed by atoms with Crippen molar-refractivity contribution < 1.29 is 19.8 Å². The number of rotatable bonds is 17. The van der Waals surface area contributed by atoms with Crippen LogP contribution in [0.4, 0.5) is 0 Å². The van der Waals surface area contributed by atoms with Gasteiger partial charge in [-0.05, 0) is 25.7 Å². The number of hydrogen-bond donors (Lipinski definition) is 2. The van der Waals surface area contributed by atoms with Crippen LogP contribution < -0.4 is 0 Å². The van der Waals surface area contributed by atoms with E-state index in [1.165, 1.54) is 38.5 Å². The predicted octanol–water partition coefficient (Wildman–Crippen LogP) is 6.03. The molecule has 0 rings (SSSR count). The van der Waals surface area contributed by atoms with Gasteiger partial charge in [-0.15, -0.1) is 0 Å². The third-order valence-corrected chi connectivity index (χ3v) is 5.35. The van der Waals surface area contributed by atoms with Gasteiger partial charge in [0.15, 0.2) is 0 Å². The molecule has 142 valence electrons. The fourth-order valence-electron chi connectivity index (χ4n) is 3.34. The fourth-order valence-corrected chi connectivity index (χ4v) is 3.34. The SMILES string of the molecule is CCC(CC)(CCCCCCCCCCCCCC(=O)O)C(=O)O. The number of carbonyl (C=O) groups is 2. The molecular formula is C20H38O4. The lowest BCUT2D eigenvalue weighted by atomic mass is 9.78. The van der Waals surface area contributed by atoms with Gasteiger partial charge in [-0.25, -0.2) is 0 Å². The summed E-state index contributed by atoms with van der Waals surface area (Å²) in [6.45, 7) is 3.97. The lowest BCUT2D eigenvalue weighted by Crippen LogP contribution is -2.29. The van der Waals surface area contributed by atoms with Crippen molar-refractivity contribution in [2.75, 3.05) is 0 Å². The van der Waals surface area contributed by atoms with Gasteiger partial charge in [0.25, 0.3) is 0 Å². The van der Waals surface area contributed by atoms with Gasteiger partial charge in [0.05, 0.1) is 5.41 Å². The molecule has 0 saturated heterocycles. The smallest absolute Gasteiger partial charge is 0.309 e. The molecule has 0 saturated carbocycles. The summed E-state index contributed by atoms with van der Waals surface area (Å²) in [6.07, 6.45) is 15.2. The van der Waals surface area contributed by atoms with Crippen molar-refractivity contribution in [3.63, 3.8) is 0 Å². The third-order valence-electron chi connectivity index (χ3n) is 5.35. The highest BCUT2D eigenvalue weighted by molar-refractivity contribution is 5.74. The first-order valence-corrected chi connectivity index (χ1v) is 9.93. The Hall–Kier alpha value is -1.06. The summed E-state index contributed by atoms with van der Waals surface area (Å²) in [7, 11) is 0. The number of hydrogen-bond acceptors (Lipinski definition) is 2. The lowest BCUT2D eigenvalue weighted by molar-refractivity contribution is -0.150. The number of carboxylic acid groups (broad SMARTS) is 2. The van der Waals surface area contributed by atoms with Gasteiger partial charge in [-0.3, -0.25) is 9.59 Å². The molecule has 0 atom stereocenters. The minimum absolute atomic E-state index is 0.305. The Labute approximate surface area is 148 Å². The summed E-state index contributed by atoms with van der Waals surface area (Å²) in [4.78, 5) is 21.8. The molecule has 0 unspecified atom stereocenters. The quantitative estimate of drug-likeness (QED) is 0.316. The summed E-state index contributed by atoms with van der Waals surface area (Å²) in [5.74, 6) is -1.32. The molecule has 0 aliphatic carbocycles. The van der Waals surface area contributed by atoms with Crippen molar-refractivity contribution in [1.29, 1.82) is 0 Å². The van der Waals surface area contributed by atoms with Gasteiger partial charge >= 0.3 is 11.9 Å². The van der Waals surface area contributed by atoms with Crippen LogP contribution in [-0.4, -0.2) is 22.2 Å². The van der Waals surface area contributed by atoms with E-state index in [2.05, 4.69) is 0 Å². The van der Waals surface area contributed by atoms with Gasteiger partial charge in [0, 0.05) is 6.42 Å². The first kappa shape index (κ1) is 22.9. The van der Waals surface area contributed by atoms with Crippen LogP contribution in [0.5, 0.6) is 0 Å². The van der Waals surface area contributed by atoms with E-state index >= 15 is 0 Å². The van der Waals surface area contributed by atoms with E-state index in [0.717, 1.165) is 51.4 Å². The zero-order valence-corrected chi connectivity index (χ0v) is 15.8. The molecule has 4 heteroatoms. The molecular weight excluding hydrogens is 304 g/mol. The Morgan fingerprint density at radius 2 is 1.04 bits per heavy atom. The van der Waals surface area contributed by atoms with Gasteiger partial charge in [-0.2, -0.15) is 0 Å². The van der Waals surface area contributed by atoms with E-state index in [0.29, 0.717) is 6.42 Å². The summed E-state index contributed by atoms with van der Waals surface area (Å²) in [5, 5.41) is 17.9. The molecule has 0 aromatic carbocycles. The van der Waals surface area contributed by atoms with Crippen molar-refractivity contribution in [1.82, 2.24) is 0 Å². The molecule has 24 heavy (non-hydrogen) atoms. The van der Waals surface area contributed by atoms with E-state index in [-0.39, 0.29) is 0 Å². The van der Waals surface area contributed by atoms with E-state index in [4.69, 9.17) is 5.11 Å². The zero-order valence-electron chi connectivity index (χ0n) is 15.8. The molecule has 0 radical (unpaired) electrons. The minimum Gasteiger partial charge on any atom is -0.481 e. The maximum absolute atomic E-state index is 11.4. The second kappa shape index (κ2) is 14.3. The van der Waals surface area contributed by atoms with Crippen LogP contribution in [-0.2, 0) is 9.59 Å². The van der Waals surface area contributed by atoms with Gasteiger partial charge in [0.1, 0.15) is 0 Å². The molecule has 0 spiro atoms. The summed E-state index contributed by atoms with van der Waals surface area (Å²) < 4.78 is 0. The standard InChI is InChI=1S/C20H38O4/c1-3-20(4-2,19(23)24)17-15-13-11-9-7-5-6-8-10-12-14-16-18(21)22/h3-17H2,1-2H3,(H,21,22)(H,23,24). The highest BCUT2D eigenvalue weighted by Crippen LogP contribution is 2.33. The monoisotopic (exact) mass is 342 g/mol. The van der Waals surface area contributed by atoms with E-state index in [1.807, 2.05) is 13.8 Å². The Morgan fingerprint density at radius 3 is 1.38 bits per heavy atom. The maximum atomic E-state index is 11.4. The summed E-state index contributed by atoms with van der Waals surface area (Å²) in [6, 6.07) is 0. The van der Waals surface area contributed by atoms with Crippen LogP contribution in [0.25, 0.3) is 0 Å².